The van der Waals surface area contributed by atoms with Crippen LogP contribution in [0.25, 0.3) is 0 Å². The number of amides is 7. The Morgan fingerprint density at radius 2 is 1.25 bits per heavy atom. The van der Waals surface area contributed by atoms with Crippen LogP contribution in [-0.2, 0) is 63.9 Å². The average molecular weight is 872 g/mol. The van der Waals surface area contributed by atoms with Gasteiger partial charge < -0.3 is 66.4 Å². The van der Waals surface area contributed by atoms with Crippen molar-refractivity contribution < 1.29 is 67.1 Å². The highest BCUT2D eigenvalue weighted by atomic mass is 32.2. The Bertz CT molecular complexity index is 1480. The standard InChI is InChI=1S/C38H61N7O14S/c1-4-14-55-16-18-57-20-21-58-19-17-56-15-11-32(47)44-30(37(52)53)24-60-25-33(48)40-12-8-13-41-36(51)29(22-31(39)46)45-35(50)26(2)42-34(49)27(3)43-38(54)59-23-28-9-6-5-7-10-28/h5-7,9-10,26-27,29-30H,4,8,11-25H2,1-3H3,(H2,39,46)(H,40,48)(H,41,51)(H,42,49)(H,43,54)(H,44,47)(H,45,50)(H,52,53)/t26-,27-,29-,30-/m0/s1. The van der Waals surface area contributed by atoms with Crippen molar-refractivity contribution in [2.45, 2.75) is 77.2 Å². The number of hydrogen-bond acceptors (Lipinski definition) is 14. The molecule has 21 nitrogen and oxygen atoms in total. The molecule has 0 fully saturated rings. The Morgan fingerprint density at radius 3 is 1.85 bits per heavy atom. The normalized spacial score (nSPS) is 12.8. The van der Waals surface area contributed by atoms with Crippen molar-refractivity contribution in [3.63, 3.8) is 0 Å². The second kappa shape index (κ2) is 32.8. The summed E-state index contributed by atoms with van der Waals surface area (Å²) in [4.78, 5) is 98.0. The maximum absolute atomic E-state index is 12.8. The number of rotatable bonds is 34. The molecule has 0 aliphatic heterocycles. The van der Waals surface area contributed by atoms with Gasteiger partial charge in [-0.2, -0.15) is 0 Å². The lowest BCUT2D eigenvalue weighted by atomic mass is 10.1. The number of aliphatic carboxylic acids is 1. The van der Waals surface area contributed by atoms with Crippen LogP contribution < -0.4 is 37.6 Å². The van der Waals surface area contributed by atoms with E-state index in [1.165, 1.54) is 13.8 Å². The average Bonchev–Trinajstić information content (AvgIpc) is 3.20. The van der Waals surface area contributed by atoms with Gasteiger partial charge in [-0.25, -0.2) is 9.59 Å². The predicted octanol–water partition coefficient (Wildman–Crippen LogP) is -1.04. The summed E-state index contributed by atoms with van der Waals surface area (Å²) in [6.07, 6.45) is -0.233. The van der Waals surface area contributed by atoms with Crippen molar-refractivity contribution in [1.29, 1.82) is 0 Å². The minimum Gasteiger partial charge on any atom is -0.480 e. The molecule has 0 aliphatic carbocycles. The van der Waals surface area contributed by atoms with Gasteiger partial charge in [0.05, 0.1) is 58.4 Å². The molecule has 0 unspecified atom stereocenters. The fourth-order valence-corrected chi connectivity index (χ4v) is 5.47. The van der Waals surface area contributed by atoms with Gasteiger partial charge in [-0.15, -0.1) is 11.8 Å². The van der Waals surface area contributed by atoms with E-state index in [0.717, 1.165) is 23.7 Å². The number of nitrogens with one attached hydrogen (secondary N) is 6. The molecule has 0 aliphatic rings. The molecule has 4 atom stereocenters. The zero-order valence-corrected chi connectivity index (χ0v) is 35.3. The number of carbonyl (C=O) groups is 8. The maximum atomic E-state index is 12.8. The van der Waals surface area contributed by atoms with Gasteiger partial charge >= 0.3 is 12.1 Å². The third-order valence-corrected chi connectivity index (χ3v) is 8.83. The first-order valence-electron chi connectivity index (χ1n) is 19.5. The van der Waals surface area contributed by atoms with E-state index in [0.29, 0.717) is 39.6 Å². The topological polar surface area (TPSA) is 301 Å². The summed E-state index contributed by atoms with van der Waals surface area (Å²) >= 11 is 1.01. The molecule has 338 valence electrons. The summed E-state index contributed by atoms with van der Waals surface area (Å²) in [6, 6.07) is 4.06. The maximum Gasteiger partial charge on any atom is 0.408 e. The van der Waals surface area contributed by atoms with Gasteiger partial charge in [0.2, 0.25) is 35.4 Å². The van der Waals surface area contributed by atoms with Crippen molar-refractivity contribution >= 4 is 59.3 Å². The van der Waals surface area contributed by atoms with Crippen LogP contribution in [0.4, 0.5) is 4.79 Å². The van der Waals surface area contributed by atoms with Crippen molar-refractivity contribution in [3.8, 4) is 0 Å². The highest BCUT2D eigenvalue weighted by Gasteiger charge is 2.27. The highest BCUT2D eigenvalue weighted by Crippen LogP contribution is 2.05. The molecule has 1 rings (SSSR count). The fraction of sp³-hybridized carbons (Fsp3) is 0.632. The fourth-order valence-electron chi connectivity index (χ4n) is 4.60. The van der Waals surface area contributed by atoms with Crippen LogP contribution in [0.5, 0.6) is 0 Å². The number of nitrogens with two attached hydrogens (primary N) is 1. The molecule has 22 heteroatoms. The van der Waals surface area contributed by atoms with E-state index in [1.807, 2.05) is 13.0 Å². The summed E-state index contributed by atoms with van der Waals surface area (Å²) in [6.45, 7) is 8.07. The van der Waals surface area contributed by atoms with Crippen molar-refractivity contribution in [3.05, 3.63) is 35.9 Å². The zero-order chi connectivity index (χ0) is 44.5. The van der Waals surface area contributed by atoms with Gasteiger partial charge in [0.25, 0.3) is 0 Å². The summed E-state index contributed by atoms with van der Waals surface area (Å²) in [5, 5.41) is 24.2. The Balaban J connectivity index is 2.29. The number of ether oxygens (including phenoxy) is 5. The van der Waals surface area contributed by atoms with Gasteiger partial charge in [0.1, 0.15) is 30.8 Å². The van der Waals surface area contributed by atoms with E-state index in [1.54, 1.807) is 24.3 Å². The number of thioether (sulfide) groups is 1. The van der Waals surface area contributed by atoms with E-state index in [2.05, 4.69) is 31.9 Å². The van der Waals surface area contributed by atoms with Gasteiger partial charge in [0.15, 0.2) is 0 Å². The number of primary amides is 1. The number of carboxylic acids is 1. The molecule has 0 saturated heterocycles. The Hall–Kier alpha value is -5.03. The molecule has 7 amide bonds. The largest absolute Gasteiger partial charge is 0.480 e. The zero-order valence-electron chi connectivity index (χ0n) is 34.5. The summed E-state index contributed by atoms with van der Waals surface area (Å²) in [5.74, 6) is -5.47. The molecular formula is C38H61N7O14S. The number of carbonyl (C=O) groups excluding carboxylic acids is 7. The summed E-state index contributed by atoms with van der Waals surface area (Å²) < 4.78 is 26.5. The molecule has 60 heavy (non-hydrogen) atoms. The van der Waals surface area contributed by atoms with Crippen LogP contribution in [0, 0.1) is 0 Å². The van der Waals surface area contributed by atoms with Crippen LogP contribution in [0.1, 0.15) is 52.0 Å². The highest BCUT2D eigenvalue weighted by molar-refractivity contribution is 8.00. The number of carboxylic acid groups (broad SMARTS) is 1. The van der Waals surface area contributed by atoms with Crippen LogP contribution in [0.3, 0.4) is 0 Å². The number of hydrogen-bond donors (Lipinski definition) is 8. The van der Waals surface area contributed by atoms with Gasteiger partial charge in [0, 0.05) is 31.9 Å². The van der Waals surface area contributed by atoms with Gasteiger partial charge in [-0.05, 0) is 32.3 Å². The van der Waals surface area contributed by atoms with E-state index in [9.17, 15) is 43.5 Å². The minimum absolute atomic E-state index is 0.0123. The van der Waals surface area contributed by atoms with E-state index in [-0.39, 0.29) is 57.3 Å². The molecule has 0 bridgehead atoms. The SMILES string of the molecule is CCCOCCOCCOCCOCCC(=O)N[C@@H](CSCC(=O)NCCCNC(=O)[C@H](CC(N)=O)NC(=O)[C@H](C)NC(=O)[C@H](C)NC(=O)OCc1ccccc1)C(=O)O. The first kappa shape index (κ1) is 53.0. The second-order valence-corrected chi connectivity index (χ2v) is 14.1. The number of alkyl carbamates (subject to hydrolysis) is 1. The quantitative estimate of drug-likeness (QED) is 0.0384. The van der Waals surface area contributed by atoms with Crippen molar-refractivity contribution in [1.82, 2.24) is 31.9 Å². The molecule has 0 radical (unpaired) electrons. The molecule has 0 aromatic heterocycles. The Labute approximate surface area is 354 Å². The van der Waals surface area contributed by atoms with Crippen molar-refractivity contribution in [2.75, 3.05) is 77.5 Å². The third kappa shape index (κ3) is 26.9. The molecule has 1 aromatic rings. The van der Waals surface area contributed by atoms with Crippen LogP contribution in [-0.4, -0.2) is 154 Å². The Morgan fingerprint density at radius 1 is 0.683 bits per heavy atom. The molecule has 1 aromatic carbocycles. The van der Waals surface area contributed by atoms with Gasteiger partial charge in [-0.1, -0.05) is 37.3 Å². The van der Waals surface area contributed by atoms with E-state index >= 15 is 0 Å². The molecule has 0 saturated carbocycles. The van der Waals surface area contributed by atoms with Crippen molar-refractivity contribution in [2.24, 2.45) is 5.73 Å². The van der Waals surface area contributed by atoms with Gasteiger partial charge in [-0.3, -0.25) is 28.8 Å². The number of benzene rings is 1. The predicted molar refractivity (Wildman–Crippen MR) is 218 cm³/mol. The molecular weight excluding hydrogens is 811 g/mol. The molecule has 9 N–H and O–H groups in total. The van der Waals surface area contributed by atoms with Crippen LogP contribution in [0.15, 0.2) is 30.3 Å². The summed E-state index contributed by atoms with van der Waals surface area (Å²) in [7, 11) is 0. The molecule has 0 heterocycles. The van der Waals surface area contributed by atoms with Crippen LogP contribution >= 0.6 is 11.8 Å². The summed E-state index contributed by atoms with van der Waals surface area (Å²) in [5.41, 5.74) is 6.02. The third-order valence-electron chi connectivity index (χ3n) is 7.79. The first-order valence-corrected chi connectivity index (χ1v) is 20.7. The lowest BCUT2D eigenvalue weighted by Crippen LogP contribution is -2.56. The van der Waals surface area contributed by atoms with E-state index < -0.39 is 78.1 Å². The second-order valence-electron chi connectivity index (χ2n) is 13.1. The smallest absolute Gasteiger partial charge is 0.408 e. The lowest BCUT2D eigenvalue weighted by Gasteiger charge is -2.22. The first-order chi connectivity index (χ1) is 28.7. The van der Waals surface area contributed by atoms with Crippen LogP contribution in [0.2, 0.25) is 0 Å². The van der Waals surface area contributed by atoms with E-state index in [4.69, 9.17) is 29.4 Å². The minimum atomic E-state index is -1.37. The lowest BCUT2D eigenvalue weighted by molar-refractivity contribution is -0.141. The Kier molecular flexibility index (Phi) is 28.9. The monoisotopic (exact) mass is 871 g/mol. The molecule has 0 spiro atoms.